The summed E-state index contributed by atoms with van der Waals surface area (Å²) < 4.78 is 12.5. The smallest absolute Gasteiger partial charge is 0.244 e. The Kier molecular flexibility index (Phi) is 5.13. The molecule has 27 heavy (non-hydrogen) atoms. The van der Waals surface area contributed by atoms with Gasteiger partial charge < -0.3 is 27.1 Å². The van der Waals surface area contributed by atoms with Crippen LogP contribution in [0.2, 0.25) is 0 Å². The van der Waals surface area contributed by atoms with E-state index in [1.165, 1.54) is 11.3 Å². The fraction of sp³-hybridized carbons (Fsp3) is 0.150. The number of carbonyl (C=O) groups is 1. The number of pyridine rings is 1. The summed E-state index contributed by atoms with van der Waals surface area (Å²) in [6, 6.07) is 14.3. The van der Waals surface area contributed by atoms with E-state index < -0.39 is 6.04 Å². The molecule has 1 aliphatic heterocycles. The highest BCUT2D eigenvalue weighted by Gasteiger charge is 2.28. The van der Waals surface area contributed by atoms with Gasteiger partial charge in [-0.25, -0.2) is 0 Å². The lowest BCUT2D eigenvalue weighted by molar-refractivity contribution is -0.691. The lowest BCUT2D eigenvalue weighted by Gasteiger charge is -2.18. The highest BCUT2D eigenvalue weighted by atomic mass is 32.1. The molecule has 7 heteroatoms. The normalized spacial score (nSPS) is 14.1. The molecule has 0 radical (unpaired) electrons. The first-order valence-corrected chi connectivity index (χ1v) is 9.64. The number of benzene rings is 1. The molecule has 1 aromatic carbocycles. The van der Waals surface area contributed by atoms with Gasteiger partial charge in [0.05, 0.1) is 11.4 Å². The van der Waals surface area contributed by atoms with Gasteiger partial charge in [-0.15, -0.1) is 11.3 Å². The van der Waals surface area contributed by atoms with Crippen molar-refractivity contribution >= 4 is 34.8 Å². The quantitative estimate of drug-likeness (QED) is 0.211. The van der Waals surface area contributed by atoms with Crippen molar-refractivity contribution in [2.24, 2.45) is 4.99 Å². The van der Waals surface area contributed by atoms with Gasteiger partial charge in [-0.05, 0) is 34.2 Å². The van der Waals surface area contributed by atoms with E-state index in [4.69, 9.17) is 22.1 Å². The van der Waals surface area contributed by atoms with E-state index in [1.807, 2.05) is 66.3 Å². The minimum atomic E-state index is -0.645. The topological polar surface area (TPSA) is 51.8 Å². The summed E-state index contributed by atoms with van der Waals surface area (Å²) in [6.07, 6.45) is 3.66. The maximum Gasteiger partial charge on any atom is 0.244 e. The zero-order chi connectivity index (χ0) is 18.6. The summed E-state index contributed by atoms with van der Waals surface area (Å²) in [5.74, 6) is 1.38. The summed E-state index contributed by atoms with van der Waals surface area (Å²) in [7, 11) is 0. The zero-order valence-electron chi connectivity index (χ0n) is 14.3. The molecule has 3 aromatic rings. The Morgan fingerprint density at radius 1 is 1.15 bits per heavy atom. The number of thiophene rings is 1. The number of fused-ring (bicyclic) bond motifs is 1. The maximum atomic E-state index is 13.0. The van der Waals surface area contributed by atoms with Crippen LogP contribution in [-0.2, 0) is 19.2 Å². The van der Waals surface area contributed by atoms with Crippen molar-refractivity contribution in [3.63, 3.8) is 0 Å². The molecular formula is C20H16N2O3S2. The first-order valence-electron chi connectivity index (χ1n) is 8.36. The highest BCUT2D eigenvalue weighted by molar-refractivity contribution is 7.77. The number of ether oxygens (including phenoxy) is 2. The number of carbonyl (C=O) groups excluding carboxylic acids is 1. The fourth-order valence-corrected chi connectivity index (χ4v) is 3.79. The van der Waals surface area contributed by atoms with E-state index in [1.54, 1.807) is 4.57 Å². The molecule has 1 atom stereocenters. The minimum absolute atomic E-state index is 0.0550. The second-order valence-electron chi connectivity index (χ2n) is 5.91. The van der Waals surface area contributed by atoms with E-state index >= 15 is 0 Å². The van der Waals surface area contributed by atoms with Crippen molar-refractivity contribution in [2.45, 2.75) is 12.6 Å². The molecule has 1 aliphatic rings. The van der Waals surface area contributed by atoms with Crippen LogP contribution in [0.15, 0.2) is 71.3 Å². The van der Waals surface area contributed by atoms with Crippen molar-refractivity contribution < 1.29 is 18.8 Å². The Labute approximate surface area is 166 Å². The van der Waals surface area contributed by atoms with E-state index in [0.717, 1.165) is 11.3 Å². The Bertz CT molecular complexity index is 972. The average Bonchev–Trinajstić information content (AvgIpc) is 3.38. The maximum absolute atomic E-state index is 13.0. The van der Waals surface area contributed by atoms with Crippen LogP contribution in [0.25, 0.3) is 0 Å². The van der Waals surface area contributed by atoms with Crippen LogP contribution in [0.4, 0.5) is 0 Å². The summed E-state index contributed by atoms with van der Waals surface area (Å²) >= 11 is 6.95. The van der Waals surface area contributed by atoms with Crippen LogP contribution in [-0.4, -0.2) is 17.6 Å². The Balaban J connectivity index is 1.61. The van der Waals surface area contributed by atoms with Gasteiger partial charge in [-0.3, -0.25) is 4.79 Å². The van der Waals surface area contributed by atoms with Crippen molar-refractivity contribution in [2.75, 3.05) is 6.79 Å². The van der Waals surface area contributed by atoms with Crippen LogP contribution in [0.1, 0.15) is 21.3 Å². The lowest BCUT2D eigenvalue weighted by Crippen LogP contribution is -2.47. The third-order valence-electron chi connectivity index (χ3n) is 4.14. The van der Waals surface area contributed by atoms with E-state index in [9.17, 15) is 4.79 Å². The van der Waals surface area contributed by atoms with Gasteiger partial charge in [0.2, 0.25) is 18.6 Å². The van der Waals surface area contributed by atoms with Crippen LogP contribution in [0.3, 0.4) is 0 Å². The molecule has 0 bridgehead atoms. The van der Waals surface area contributed by atoms with Crippen LogP contribution in [0.5, 0.6) is 11.5 Å². The predicted octanol–water partition coefficient (Wildman–Crippen LogP) is 3.33. The van der Waals surface area contributed by atoms with E-state index in [-0.39, 0.29) is 12.6 Å². The summed E-state index contributed by atoms with van der Waals surface area (Å²) in [6.45, 7) is 0.605. The number of hydrogen-bond acceptors (Lipinski definition) is 6. The average molecular weight is 396 g/mol. The standard InChI is InChI=1S/C20H16N2O3S2/c23-19(17-5-4-10-27-17)18(22-8-2-1-3-9-22)20(26)21-12-14-6-7-15-16(11-14)25-13-24-15/h1-11,18H,12-13H2/t18-/m0/s1. The Morgan fingerprint density at radius 2 is 1.96 bits per heavy atom. The molecule has 136 valence electrons. The first kappa shape index (κ1) is 17.6. The number of rotatable bonds is 6. The summed E-state index contributed by atoms with van der Waals surface area (Å²) in [4.78, 5) is 18.2. The molecule has 0 unspecified atom stereocenters. The molecule has 0 spiro atoms. The summed E-state index contributed by atoms with van der Waals surface area (Å²) in [5.41, 5.74) is 0.946. The van der Waals surface area contributed by atoms with Crippen LogP contribution < -0.4 is 14.0 Å². The van der Waals surface area contributed by atoms with Crippen LogP contribution >= 0.6 is 11.3 Å². The number of nitrogens with zero attached hydrogens (tertiary/aromatic N) is 2. The lowest BCUT2D eigenvalue weighted by atomic mass is 10.1. The van der Waals surface area contributed by atoms with Crippen molar-refractivity contribution in [3.05, 3.63) is 76.7 Å². The number of aromatic nitrogens is 1. The van der Waals surface area contributed by atoms with E-state index in [0.29, 0.717) is 22.2 Å². The molecule has 0 saturated heterocycles. The molecule has 5 nitrogen and oxygen atoms in total. The first-order chi connectivity index (χ1) is 13.2. The molecule has 0 amide bonds. The highest BCUT2D eigenvalue weighted by Crippen LogP contribution is 2.32. The number of aliphatic imine (C=N–C) groups is 1. The Hall–Kier alpha value is -2.77. The third kappa shape index (κ3) is 3.84. The molecule has 3 heterocycles. The number of Topliss-reactive ketones (excluding diaryl/α,β-unsaturated/α-hetero) is 1. The van der Waals surface area contributed by atoms with Gasteiger partial charge in [-0.2, -0.15) is 4.57 Å². The van der Waals surface area contributed by atoms with Crippen LogP contribution in [0, 0.1) is 0 Å². The van der Waals surface area contributed by atoms with E-state index in [2.05, 4.69) is 4.99 Å². The molecule has 4 rings (SSSR count). The molecule has 2 aromatic heterocycles. The monoisotopic (exact) mass is 396 g/mol. The second-order valence-corrected chi connectivity index (χ2v) is 7.27. The van der Waals surface area contributed by atoms with Crippen molar-refractivity contribution in [3.8, 4) is 11.5 Å². The number of hydrogen-bond donors (Lipinski definition) is 0. The van der Waals surface area contributed by atoms with Crippen molar-refractivity contribution in [1.82, 2.24) is 0 Å². The Morgan fingerprint density at radius 3 is 2.74 bits per heavy atom. The largest absolute Gasteiger partial charge is 0.758 e. The van der Waals surface area contributed by atoms with Gasteiger partial charge in [0.15, 0.2) is 23.9 Å². The van der Waals surface area contributed by atoms with Crippen molar-refractivity contribution in [1.29, 1.82) is 0 Å². The SMILES string of the molecule is O=C(c1cccs1)[C@@H](C([S-])=NCc1ccc2c(c1)OCO2)[n+]1ccccc1. The summed E-state index contributed by atoms with van der Waals surface area (Å²) in [5, 5.41) is 2.23. The molecule has 0 N–H and O–H groups in total. The third-order valence-corrected chi connectivity index (χ3v) is 5.37. The fourth-order valence-electron chi connectivity index (χ4n) is 2.81. The van der Waals surface area contributed by atoms with Gasteiger partial charge in [-0.1, -0.05) is 18.2 Å². The zero-order valence-corrected chi connectivity index (χ0v) is 15.9. The van der Waals surface area contributed by atoms with Gasteiger partial charge in [0.25, 0.3) is 0 Å². The molecule has 0 aliphatic carbocycles. The minimum Gasteiger partial charge on any atom is -0.758 e. The number of ketones is 1. The predicted molar refractivity (Wildman–Crippen MR) is 105 cm³/mol. The van der Waals surface area contributed by atoms with Gasteiger partial charge in [0.1, 0.15) is 0 Å². The second kappa shape index (κ2) is 7.85. The van der Waals surface area contributed by atoms with Gasteiger partial charge >= 0.3 is 0 Å². The molecule has 0 saturated carbocycles. The molecule has 0 fully saturated rings. The molecular weight excluding hydrogens is 380 g/mol. The van der Waals surface area contributed by atoms with Gasteiger partial charge in [0, 0.05) is 12.1 Å².